The highest BCUT2D eigenvalue weighted by Crippen LogP contribution is 2.57. The first kappa shape index (κ1) is 37.2. The largest absolute Gasteiger partial charge is 0.472 e. The Balaban J connectivity index is 1.14. The molecule has 0 spiro atoms. The molecule has 0 radical (unpaired) electrons. The van der Waals surface area contributed by atoms with Gasteiger partial charge in [0, 0.05) is 18.2 Å². The second-order valence-corrected chi connectivity index (χ2v) is 18.6. The number of rotatable bonds is 7. The van der Waals surface area contributed by atoms with Crippen LogP contribution in [0.3, 0.4) is 0 Å². The van der Waals surface area contributed by atoms with Gasteiger partial charge >= 0.3 is 0 Å². The van der Waals surface area contributed by atoms with E-state index in [0.717, 1.165) is 29.6 Å². The third-order valence-corrected chi connectivity index (χ3v) is 14.7. The summed E-state index contributed by atoms with van der Waals surface area (Å²) in [5.41, 5.74) is 0.800. The standard InChI is InChI=1S/C40H42FN5O7S2/c1-39(16-17-39)55(51,52)45-38(50)40-19-24(40)10-5-3-2-4-6-15-30(43-35(48)33-21-42-23-54-33)37(49)46-22-25(18-31(46)32(47)20-40)53-36-34-27(12-9-13-28(34)41)26-11-7-8-14-29(26)44-36/h5,7-14,21,23-25,30-31H,2-4,6,15-20,22H2,1H3,(H,43,48)(H,45,50)/b10-5-/t24-,25-,30+,31+,40-/m1/s1. The quantitative estimate of drug-likeness (QED) is 0.179. The SMILES string of the molecule is CC1(S(=O)(=O)NC(=O)[C@]23CC(=O)[C@@H]4C[C@@H](Oc5nc6ccccc6c6cccc(F)c56)CN4C(=O)[C@@H](NC(=O)c4cncs4)CCCCC/C=C\[C@@H]2C3)CC1. The minimum Gasteiger partial charge on any atom is -0.472 e. The molecular formula is C40H42FN5O7S2. The first-order chi connectivity index (χ1) is 26.4. The normalized spacial score (nSPS) is 27.3. The lowest BCUT2D eigenvalue weighted by Crippen LogP contribution is -2.52. The Morgan fingerprint density at radius 2 is 1.85 bits per heavy atom. The third kappa shape index (κ3) is 7.12. The van der Waals surface area contributed by atoms with Crippen LogP contribution in [0.2, 0.25) is 0 Å². The van der Waals surface area contributed by atoms with Crippen molar-refractivity contribution in [3.8, 4) is 5.88 Å². The van der Waals surface area contributed by atoms with E-state index in [4.69, 9.17) is 4.74 Å². The molecule has 12 nitrogen and oxygen atoms in total. The van der Waals surface area contributed by atoms with E-state index in [0.29, 0.717) is 47.9 Å². The number of ether oxygens (including phenoxy) is 1. The predicted molar refractivity (Wildman–Crippen MR) is 204 cm³/mol. The van der Waals surface area contributed by atoms with E-state index in [1.54, 1.807) is 25.1 Å². The Labute approximate surface area is 322 Å². The number of para-hydroxylation sites is 1. The van der Waals surface area contributed by atoms with Gasteiger partial charge in [0.1, 0.15) is 22.8 Å². The van der Waals surface area contributed by atoms with Crippen LogP contribution in [-0.2, 0) is 24.4 Å². The molecule has 2 aromatic carbocycles. The number of amides is 3. The lowest BCUT2D eigenvalue weighted by atomic mass is 9.91. The molecule has 1 saturated heterocycles. The number of halogens is 1. The van der Waals surface area contributed by atoms with Crippen LogP contribution in [0.15, 0.2) is 66.3 Å². The Kier molecular flexibility index (Phi) is 9.73. The first-order valence-corrected chi connectivity index (χ1v) is 21.1. The Hall–Kier alpha value is -4.76. The summed E-state index contributed by atoms with van der Waals surface area (Å²) in [6, 6.07) is 9.97. The third-order valence-electron chi connectivity index (χ3n) is 11.7. The number of hydrogen-bond acceptors (Lipinski definition) is 10. The number of Topliss-reactive ketones (excluding diaryl/α,β-unsaturated/α-hetero) is 1. The topological polar surface area (TPSA) is 165 Å². The molecule has 2 aliphatic heterocycles. The molecule has 5 atom stereocenters. The van der Waals surface area contributed by atoms with Crippen LogP contribution in [-0.4, -0.2) is 76.3 Å². The van der Waals surface area contributed by atoms with Crippen LogP contribution in [0, 0.1) is 17.2 Å². The number of hydrogen-bond donors (Lipinski definition) is 2. The molecule has 4 aromatic rings. The number of pyridine rings is 1. The molecule has 0 unspecified atom stereocenters. The minimum absolute atomic E-state index is 0.0130. The fourth-order valence-electron chi connectivity index (χ4n) is 8.02. The summed E-state index contributed by atoms with van der Waals surface area (Å²) in [6.45, 7) is 1.53. The summed E-state index contributed by atoms with van der Waals surface area (Å²) in [6.07, 6.45) is 8.59. The van der Waals surface area contributed by atoms with Gasteiger partial charge in [-0.2, -0.15) is 0 Å². The number of aromatic nitrogens is 2. The fraction of sp³-hybridized carbons (Fsp3) is 0.450. The fourth-order valence-corrected chi connectivity index (χ4v) is 9.87. The van der Waals surface area contributed by atoms with Gasteiger partial charge in [0.15, 0.2) is 5.78 Å². The minimum atomic E-state index is -3.98. The zero-order valence-electron chi connectivity index (χ0n) is 30.3. The maximum Gasteiger partial charge on any atom is 0.263 e. The number of allylic oxidation sites excluding steroid dienone is 2. The number of nitrogens with one attached hydrogen (secondary N) is 2. The highest BCUT2D eigenvalue weighted by Gasteiger charge is 2.62. The molecule has 2 aliphatic carbocycles. The summed E-state index contributed by atoms with van der Waals surface area (Å²) < 4.78 is 49.6. The second kappa shape index (κ2) is 14.4. The number of nitrogens with zero attached hydrogens (tertiary/aromatic N) is 3. The maximum atomic E-state index is 15.5. The molecule has 2 saturated carbocycles. The average molecular weight is 788 g/mol. The summed E-state index contributed by atoms with van der Waals surface area (Å²) in [7, 11) is -3.98. The number of carbonyl (C=O) groups excluding carboxylic acids is 4. The van der Waals surface area contributed by atoms with Crippen molar-refractivity contribution < 1.29 is 36.7 Å². The van der Waals surface area contributed by atoms with E-state index in [1.807, 2.05) is 30.4 Å². The number of carbonyl (C=O) groups is 4. The smallest absolute Gasteiger partial charge is 0.263 e. The van der Waals surface area contributed by atoms with Crippen molar-refractivity contribution in [2.75, 3.05) is 6.54 Å². The van der Waals surface area contributed by atoms with E-state index in [2.05, 4.69) is 20.0 Å². The first-order valence-electron chi connectivity index (χ1n) is 18.8. The van der Waals surface area contributed by atoms with E-state index >= 15 is 4.39 Å². The van der Waals surface area contributed by atoms with Crippen molar-refractivity contribution >= 4 is 66.5 Å². The zero-order chi connectivity index (χ0) is 38.5. The Morgan fingerprint density at radius 1 is 1.05 bits per heavy atom. The van der Waals surface area contributed by atoms with Gasteiger partial charge in [-0.1, -0.05) is 55.3 Å². The molecule has 8 rings (SSSR count). The van der Waals surface area contributed by atoms with Gasteiger partial charge in [-0.3, -0.25) is 28.9 Å². The Morgan fingerprint density at radius 3 is 2.64 bits per heavy atom. The average Bonchev–Trinajstić information content (AvgIpc) is 3.91. The Bertz CT molecular complexity index is 2330. The van der Waals surface area contributed by atoms with Gasteiger partial charge in [-0.05, 0) is 68.9 Å². The van der Waals surface area contributed by atoms with E-state index < -0.39 is 67.7 Å². The van der Waals surface area contributed by atoms with Gasteiger partial charge in [-0.15, -0.1) is 11.3 Å². The lowest BCUT2D eigenvalue weighted by Gasteiger charge is -2.29. The van der Waals surface area contributed by atoms with Crippen LogP contribution in [0.1, 0.15) is 80.8 Å². The number of sulfonamides is 1. The summed E-state index contributed by atoms with van der Waals surface area (Å²) in [4.78, 5) is 66.8. The van der Waals surface area contributed by atoms with E-state index in [-0.39, 0.29) is 43.0 Å². The van der Waals surface area contributed by atoms with Gasteiger partial charge in [0.05, 0.1) is 45.4 Å². The van der Waals surface area contributed by atoms with Crippen molar-refractivity contribution in [3.05, 3.63) is 77.0 Å². The summed E-state index contributed by atoms with van der Waals surface area (Å²) >= 11 is 1.14. The van der Waals surface area contributed by atoms with Crippen LogP contribution >= 0.6 is 11.3 Å². The molecule has 55 heavy (non-hydrogen) atoms. The van der Waals surface area contributed by atoms with Gasteiger partial charge < -0.3 is 15.0 Å². The summed E-state index contributed by atoms with van der Waals surface area (Å²) in [5, 5.41) is 4.39. The molecule has 2 aromatic heterocycles. The van der Waals surface area contributed by atoms with Crippen molar-refractivity contribution in [2.45, 2.75) is 94.1 Å². The maximum absolute atomic E-state index is 15.5. The summed E-state index contributed by atoms with van der Waals surface area (Å²) in [5.74, 6) is -2.94. The van der Waals surface area contributed by atoms with E-state index in [9.17, 15) is 27.6 Å². The van der Waals surface area contributed by atoms with Crippen LogP contribution in [0.4, 0.5) is 4.39 Å². The number of ketones is 1. The van der Waals surface area contributed by atoms with Crippen molar-refractivity contribution in [1.82, 2.24) is 24.9 Å². The molecule has 0 bridgehead atoms. The van der Waals surface area contributed by atoms with Gasteiger partial charge in [-0.25, -0.2) is 17.8 Å². The molecule has 4 aliphatic rings. The second-order valence-electron chi connectivity index (χ2n) is 15.5. The molecule has 2 N–H and O–H groups in total. The van der Waals surface area contributed by atoms with Crippen LogP contribution < -0.4 is 14.8 Å². The highest BCUT2D eigenvalue weighted by molar-refractivity contribution is 7.91. The van der Waals surface area contributed by atoms with Crippen molar-refractivity contribution in [1.29, 1.82) is 0 Å². The van der Waals surface area contributed by atoms with Gasteiger partial charge in [0.25, 0.3) is 5.91 Å². The molecule has 4 heterocycles. The van der Waals surface area contributed by atoms with E-state index in [1.165, 1.54) is 22.7 Å². The van der Waals surface area contributed by atoms with Crippen molar-refractivity contribution in [3.63, 3.8) is 0 Å². The molecule has 3 fully saturated rings. The van der Waals surface area contributed by atoms with Crippen molar-refractivity contribution in [2.24, 2.45) is 11.3 Å². The van der Waals surface area contributed by atoms with Crippen LogP contribution in [0.25, 0.3) is 21.7 Å². The van der Waals surface area contributed by atoms with Gasteiger partial charge in [0.2, 0.25) is 27.7 Å². The molecule has 15 heteroatoms. The predicted octanol–water partition coefficient (Wildman–Crippen LogP) is 5.61. The molecule has 3 amide bonds. The highest BCUT2D eigenvalue weighted by atomic mass is 32.2. The molecular weight excluding hydrogens is 746 g/mol. The number of fused-ring (bicyclic) bond motifs is 5. The number of benzene rings is 2. The monoisotopic (exact) mass is 787 g/mol. The zero-order valence-corrected chi connectivity index (χ0v) is 32.0. The lowest BCUT2D eigenvalue weighted by molar-refractivity contribution is -0.140. The molecule has 288 valence electrons. The van der Waals surface area contributed by atoms with Crippen LogP contribution in [0.5, 0.6) is 5.88 Å². The number of thiazole rings is 1.